The number of carbonyl (C=O) groups excluding carboxylic acids is 1. The van der Waals surface area contributed by atoms with Gasteiger partial charge in [-0.3, -0.25) is 4.55 Å². The summed E-state index contributed by atoms with van der Waals surface area (Å²) in [6.07, 6.45) is -0.544. The molecule has 1 saturated carbocycles. The van der Waals surface area contributed by atoms with E-state index in [1.165, 1.54) is 0 Å². The van der Waals surface area contributed by atoms with E-state index < -0.39 is 33.5 Å². The Bertz CT molecular complexity index is 463. The molecule has 10 heteroatoms. The molecule has 1 aliphatic heterocycles. The molecule has 110 valence electrons. The SMILES string of the molecule is O=C(OC1CCC2CC1OCO2)C(F)(F)S(=O)(=O)O. The quantitative estimate of drug-likeness (QED) is 0.591. The topological polar surface area (TPSA) is 99.1 Å². The Labute approximate surface area is 107 Å². The third-order valence-electron chi connectivity index (χ3n) is 3.09. The number of fused-ring (bicyclic) bond motifs is 2. The van der Waals surface area contributed by atoms with Gasteiger partial charge in [-0.1, -0.05) is 0 Å². The monoisotopic (exact) mass is 302 g/mol. The van der Waals surface area contributed by atoms with Crippen LogP contribution in [0.2, 0.25) is 0 Å². The van der Waals surface area contributed by atoms with Crippen LogP contribution in [0.25, 0.3) is 0 Å². The molecule has 0 aromatic rings. The predicted octanol–water partition coefficient (Wildman–Crippen LogP) is 0.304. The van der Waals surface area contributed by atoms with Gasteiger partial charge in [0.1, 0.15) is 12.9 Å². The molecule has 2 bridgehead atoms. The molecular formula is C9H12F2O7S. The predicted molar refractivity (Wildman–Crippen MR) is 54.8 cm³/mol. The summed E-state index contributed by atoms with van der Waals surface area (Å²) in [5.74, 6) is -2.30. The van der Waals surface area contributed by atoms with Crippen molar-refractivity contribution in [3.8, 4) is 0 Å². The van der Waals surface area contributed by atoms with Crippen LogP contribution in [-0.4, -0.2) is 49.3 Å². The maximum Gasteiger partial charge on any atom is 0.465 e. The van der Waals surface area contributed by atoms with Crippen LogP contribution in [0, 0.1) is 0 Å². The van der Waals surface area contributed by atoms with Crippen LogP contribution in [0.15, 0.2) is 0 Å². The first-order valence-electron chi connectivity index (χ1n) is 5.51. The fourth-order valence-electron chi connectivity index (χ4n) is 2.06. The van der Waals surface area contributed by atoms with Gasteiger partial charge in [0.25, 0.3) is 0 Å². The normalized spacial score (nSPS) is 31.8. The largest absolute Gasteiger partial charge is 0.465 e. The van der Waals surface area contributed by atoms with Gasteiger partial charge in [-0.2, -0.15) is 17.2 Å². The summed E-state index contributed by atoms with van der Waals surface area (Å²) < 4.78 is 69.9. The van der Waals surface area contributed by atoms with Crippen LogP contribution in [0.5, 0.6) is 0 Å². The lowest BCUT2D eigenvalue weighted by Gasteiger charge is -2.39. The van der Waals surface area contributed by atoms with Gasteiger partial charge in [0.05, 0.1) is 12.2 Å². The van der Waals surface area contributed by atoms with E-state index >= 15 is 0 Å². The molecule has 0 radical (unpaired) electrons. The average molecular weight is 302 g/mol. The van der Waals surface area contributed by atoms with E-state index in [0.29, 0.717) is 12.8 Å². The Balaban J connectivity index is 2.03. The Morgan fingerprint density at radius 1 is 1.32 bits per heavy atom. The number of ether oxygens (including phenoxy) is 3. The molecule has 0 aromatic carbocycles. The second-order valence-corrected chi connectivity index (χ2v) is 5.82. The molecule has 0 spiro atoms. The Morgan fingerprint density at radius 2 is 2.00 bits per heavy atom. The van der Waals surface area contributed by atoms with Gasteiger partial charge in [0, 0.05) is 6.42 Å². The minimum absolute atomic E-state index is 0.0297. The molecule has 7 nitrogen and oxygen atoms in total. The highest BCUT2D eigenvalue weighted by Crippen LogP contribution is 2.32. The fraction of sp³-hybridized carbons (Fsp3) is 0.889. The number of hydrogen-bond donors (Lipinski definition) is 1. The van der Waals surface area contributed by atoms with Crippen molar-refractivity contribution in [1.82, 2.24) is 0 Å². The number of esters is 1. The molecule has 2 rings (SSSR count). The second kappa shape index (κ2) is 4.93. The molecule has 1 heterocycles. The standard InChI is InChI=1S/C9H12F2O7S/c10-9(11,19(13,14)15)8(12)18-6-2-1-5-3-7(6)17-4-16-5/h5-7H,1-4H2,(H,13,14,15). The van der Waals surface area contributed by atoms with Crippen molar-refractivity contribution in [2.75, 3.05) is 6.79 Å². The third kappa shape index (κ3) is 2.86. The van der Waals surface area contributed by atoms with E-state index in [1.807, 2.05) is 0 Å². The molecule has 2 fully saturated rings. The van der Waals surface area contributed by atoms with Crippen LogP contribution >= 0.6 is 0 Å². The fourth-order valence-corrected chi connectivity index (χ4v) is 2.32. The number of halogens is 2. The lowest BCUT2D eigenvalue weighted by molar-refractivity contribution is -0.232. The summed E-state index contributed by atoms with van der Waals surface area (Å²) in [7, 11) is -5.85. The minimum Gasteiger partial charge on any atom is -0.454 e. The highest BCUT2D eigenvalue weighted by molar-refractivity contribution is 7.87. The Kier molecular flexibility index (Phi) is 3.78. The van der Waals surface area contributed by atoms with E-state index in [4.69, 9.17) is 14.0 Å². The summed E-state index contributed by atoms with van der Waals surface area (Å²) >= 11 is 0. The van der Waals surface area contributed by atoms with Crippen LogP contribution in [0.3, 0.4) is 0 Å². The van der Waals surface area contributed by atoms with E-state index in [0.717, 1.165) is 0 Å². The van der Waals surface area contributed by atoms with Gasteiger partial charge in [-0.05, 0) is 12.8 Å². The molecule has 3 atom stereocenters. The van der Waals surface area contributed by atoms with Crippen LogP contribution < -0.4 is 0 Å². The van der Waals surface area contributed by atoms with Gasteiger partial charge < -0.3 is 14.2 Å². The number of alkyl halides is 2. The number of rotatable bonds is 3. The van der Waals surface area contributed by atoms with Crippen LogP contribution in [-0.2, 0) is 29.1 Å². The highest BCUT2D eigenvalue weighted by Gasteiger charge is 2.55. The maximum atomic E-state index is 13.0. The van der Waals surface area contributed by atoms with E-state index in [2.05, 4.69) is 4.74 Å². The van der Waals surface area contributed by atoms with Crippen LogP contribution in [0.1, 0.15) is 19.3 Å². The third-order valence-corrected chi connectivity index (χ3v) is 3.90. The van der Waals surface area contributed by atoms with Gasteiger partial charge in [0.2, 0.25) is 0 Å². The molecule has 1 aliphatic carbocycles. The van der Waals surface area contributed by atoms with Crippen LogP contribution in [0.4, 0.5) is 8.78 Å². The lowest BCUT2D eigenvalue weighted by Crippen LogP contribution is -2.49. The summed E-state index contributed by atoms with van der Waals surface area (Å²) in [4.78, 5) is 11.1. The molecule has 19 heavy (non-hydrogen) atoms. The van der Waals surface area contributed by atoms with Crippen molar-refractivity contribution < 1.29 is 40.8 Å². The molecule has 0 amide bonds. The minimum atomic E-state index is -5.85. The number of carbonyl (C=O) groups is 1. The first-order chi connectivity index (χ1) is 8.72. The maximum absolute atomic E-state index is 13.0. The zero-order valence-corrected chi connectivity index (χ0v) is 10.4. The van der Waals surface area contributed by atoms with Crippen molar-refractivity contribution in [2.24, 2.45) is 0 Å². The molecule has 2 aliphatic rings. The summed E-state index contributed by atoms with van der Waals surface area (Å²) in [6.45, 7) is -0.0297. The molecule has 3 unspecified atom stereocenters. The van der Waals surface area contributed by atoms with Crippen molar-refractivity contribution >= 4 is 16.1 Å². The van der Waals surface area contributed by atoms with Crippen molar-refractivity contribution in [3.05, 3.63) is 0 Å². The zero-order valence-electron chi connectivity index (χ0n) is 9.62. The smallest absolute Gasteiger partial charge is 0.454 e. The van der Waals surface area contributed by atoms with Gasteiger partial charge >= 0.3 is 21.3 Å². The lowest BCUT2D eigenvalue weighted by atomic mass is 9.91. The van der Waals surface area contributed by atoms with E-state index in [1.54, 1.807) is 0 Å². The van der Waals surface area contributed by atoms with Gasteiger partial charge in [-0.25, -0.2) is 4.79 Å². The van der Waals surface area contributed by atoms with Gasteiger partial charge in [0.15, 0.2) is 0 Å². The second-order valence-electron chi connectivity index (χ2n) is 4.36. The summed E-state index contributed by atoms with van der Waals surface area (Å²) in [5, 5.41) is -4.98. The van der Waals surface area contributed by atoms with Crippen molar-refractivity contribution in [3.63, 3.8) is 0 Å². The van der Waals surface area contributed by atoms with E-state index in [-0.39, 0.29) is 19.3 Å². The summed E-state index contributed by atoms with van der Waals surface area (Å²) in [6, 6.07) is 0. The molecule has 1 saturated heterocycles. The zero-order chi connectivity index (χ0) is 14.3. The summed E-state index contributed by atoms with van der Waals surface area (Å²) in [5.41, 5.74) is 0. The van der Waals surface area contributed by atoms with E-state index in [9.17, 15) is 22.0 Å². The molecule has 1 N–H and O–H groups in total. The first kappa shape index (κ1) is 14.6. The van der Waals surface area contributed by atoms with Gasteiger partial charge in [-0.15, -0.1) is 0 Å². The average Bonchev–Trinajstić information content (AvgIpc) is 2.31. The highest BCUT2D eigenvalue weighted by atomic mass is 32.2. The molecule has 0 aromatic heterocycles. The number of hydrogen-bond acceptors (Lipinski definition) is 6. The van der Waals surface area contributed by atoms with Crippen molar-refractivity contribution in [1.29, 1.82) is 0 Å². The first-order valence-corrected chi connectivity index (χ1v) is 6.95. The Hall–Kier alpha value is -0.840. The van der Waals surface area contributed by atoms with Crippen molar-refractivity contribution in [2.45, 2.75) is 42.8 Å². The Morgan fingerprint density at radius 3 is 2.63 bits per heavy atom. The molecular weight excluding hydrogens is 290 g/mol.